The van der Waals surface area contributed by atoms with Crippen LogP contribution in [0.15, 0.2) is 23.1 Å². The largest absolute Gasteiger partial charge is 0.224 e. The molecule has 0 amide bonds. The Kier molecular flexibility index (Phi) is 2.77. The number of hydrogen-bond donors (Lipinski definition) is 0. The van der Waals surface area contributed by atoms with Crippen LogP contribution in [0.1, 0.15) is 5.56 Å². The summed E-state index contributed by atoms with van der Waals surface area (Å²) in [6.07, 6.45) is 1.23. The molecule has 0 atom stereocenters. The fourth-order valence-electron chi connectivity index (χ4n) is 0.973. The molecule has 0 aliphatic carbocycles. The summed E-state index contributed by atoms with van der Waals surface area (Å²) in [7, 11) is -3.06. The van der Waals surface area contributed by atoms with E-state index in [1.807, 2.05) is 12.1 Å². The van der Waals surface area contributed by atoms with Gasteiger partial charge >= 0.3 is 0 Å². The first-order chi connectivity index (χ1) is 5.41. The van der Waals surface area contributed by atoms with E-state index in [9.17, 15) is 8.42 Å². The highest BCUT2D eigenvalue weighted by Crippen LogP contribution is 2.17. The van der Waals surface area contributed by atoms with E-state index in [2.05, 4.69) is 22.6 Å². The van der Waals surface area contributed by atoms with Gasteiger partial charge in [0.1, 0.15) is 0 Å². The zero-order chi connectivity index (χ0) is 9.35. The Hall–Kier alpha value is -0.100. The van der Waals surface area contributed by atoms with Crippen molar-refractivity contribution in [2.24, 2.45) is 0 Å². The van der Waals surface area contributed by atoms with Gasteiger partial charge in [-0.2, -0.15) is 0 Å². The van der Waals surface area contributed by atoms with Gasteiger partial charge < -0.3 is 0 Å². The molecule has 1 aromatic rings. The number of benzene rings is 1. The molecule has 0 bridgehead atoms. The van der Waals surface area contributed by atoms with Gasteiger partial charge in [0.15, 0.2) is 9.84 Å². The highest BCUT2D eigenvalue weighted by atomic mass is 127. The van der Waals surface area contributed by atoms with Gasteiger partial charge in [-0.05, 0) is 47.2 Å². The molecule has 2 nitrogen and oxygen atoms in total. The van der Waals surface area contributed by atoms with E-state index in [1.165, 1.54) is 6.26 Å². The van der Waals surface area contributed by atoms with Gasteiger partial charge in [-0.1, -0.05) is 6.07 Å². The van der Waals surface area contributed by atoms with Crippen molar-refractivity contribution in [3.63, 3.8) is 0 Å². The standard InChI is InChI=1S/C8H9IO2S/c1-6-3-4-7(9)5-8(6)12(2,10)11/h3-5H,1-2H3. The van der Waals surface area contributed by atoms with E-state index in [-0.39, 0.29) is 0 Å². The second-order valence-corrected chi connectivity index (χ2v) is 5.91. The molecule has 0 radical (unpaired) electrons. The Bertz CT molecular complexity index is 396. The summed E-state index contributed by atoms with van der Waals surface area (Å²) in [6.45, 7) is 1.80. The lowest BCUT2D eigenvalue weighted by Crippen LogP contribution is -2.00. The molecule has 0 N–H and O–H groups in total. The lowest BCUT2D eigenvalue weighted by atomic mass is 10.2. The predicted molar refractivity (Wildman–Crippen MR) is 57.0 cm³/mol. The fourth-order valence-corrected chi connectivity index (χ4v) is 2.67. The average Bonchev–Trinajstić information content (AvgIpc) is 1.92. The zero-order valence-electron chi connectivity index (χ0n) is 6.83. The number of halogens is 1. The van der Waals surface area contributed by atoms with Gasteiger partial charge in [0.25, 0.3) is 0 Å². The highest BCUT2D eigenvalue weighted by Gasteiger charge is 2.10. The van der Waals surface area contributed by atoms with Crippen molar-refractivity contribution in [2.75, 3.05) is 6.26 Å². The number of sulfone groups is 1. The van der Waals surface area contributed by atoms with Gasteiger partial charge in [0, 0.05) is 9.83 Å². The van der Waals surface area contributed by atoms with E-state index in [1.54, 1.807) is 13.0 Å². The molecule has 0 heterocycles. The van der Waals surface area contributed by atoms with E-state index < -0.39 is 9.84 Å². The lowest BCUT2D eigenvalue weighted by molar-refractivity contribution is 0.601. The quantitative estimate of drug-likeness (QED) is 0.743. The summed E-state index contributed by atoms with van der Waals surface area (Å²) >= 11 is 2.10. The van der Waals surface area contributed by atoms with Crippen molar-refractivity contribution in [1.82, 2.24) is 0 Å². The molecule has 0 fully saturated rings. The topological polar surface area (TPSA) is 34.1 Å². The Balaban J connectivity index is 3.43. The van der Waals surface area contributed by atoms with Crippen LogP contribution in [-0.4, -0.2) is 14.7 Å². The summed E-state index contributed by atoms with van der Waals surface area (Å²) in [6, 6.07) is 5.40. The fraction of sp³-hybridized carbons (Fsp3) is 0.250. The summed E-state index contributed by atoms with van der Waals surface area (Å²) < 4.78 is 23.3. The first-order valence-corrected chi connectivity index (χ1v) is 6.34. The normalized spacial score (nSPS) is 11.6. The molecule has 0 aliphatic heterocycles. The maximum atomic E-state index is 11.2. The van der Waals surface area contributed by atoms with Gasteiger partial charge in [-0.3, -0.25) is 0 Å². The first kappa shape index (κ1) is 9.98. The highest BCUT2D eigenvalue weighted by molar-refractivity contribution is 14.1. The van der Waals surface area contributed by atoms with Crippen LogP contribution in [0.2, 0.25) is 0 Å². The third-order valence-corrected chi connectivity index (χ3v) is 3.46. The van der Waals surface area contributed by atoms with Crippen molar-refractivity contribution in [3.05, 3.63) is 27.3 Å². The maximum absolute atomic E-state index is 11.2. The van der Waals surface area contributed by atoms with Crippen LogP contribution in [0, 0.1) is 10.5 Å². The molecule has 0 unspecified atom stereocenters. The molecule has 0 spiro atoms. The van der Waals surface area contributed by atoms with Crippen LogP contribution in [0.4, 0.5) is 0 Å². The van der Waals surface area contributed by atoms with Gasteiger partial charge in [-0.25, -0.2) is 8.42 Å². The summed E-state index contributed by atoms with van der Waals surface area (Å²) in [5, 5.41) is 0. The molecular formula is C8H9IO2S. The van der Waals surface area contributed by atoms with Crippen LogP contribution in [-0.2, 0) is 9.84 Å². The monoisotopic (exact) mass is 296 g/mol. The van der Waals surface area contributed by atoms with E-state index in [4.69, 9.17) is 0 Å². The van der Waals surface area contributed by atoms with Gasteiger partial charge in [0.2, 0.25) is 0 Å². The van der Waals surface area contributed by atoms with Crippen molar-refractivity contribution < 1.29 is 8.42 Å². The van der Waals surface area contributed by atoms with Crippen LogP contribution >= 0.6 is 22.6 Å². The molecule has 12 heavy (non-hydrogen) atoms. The Morgan fingerprint density at radius 1 is 1.33 bits per heavy atom. The van der Waals surface area contributed by atoms with Crippen molar-refractivity contribution in [1.29, 1.82) is 0 Å². The van der Waals surface area contributed by atoms with E-state index in [0.717, 1.165) is 9.13 Å². The number of rotatable bonds is 1. The first-order valence-electron chi connectivity index (χ1n) is 3.37. The molecule has 0 aromatic heterocycles. The minimum atomic E-state index is -3.06. The van der Waals surface area contributed by atoms with Gasteiger partial charge in [0.05, 0.1) is 4.90 Å². The van der Waals surface area contributed by atoms with E-state index >= 15 is 0 Å². The molecular weight excluding hydrogens is 287 g/mol. The van der Waals surface area contributed by atoms with Crippen molar-refractivity contribution in [3.8, 4) is 0 Å². The summed E-state index contributed by atoms with van der Waals surface area (Å²) in [5.74, 6) is 0. The van der Waals surface area contributed by atoms with Crippen LogP contribution < -0.4 is 0 Å². The zero-order valence-corrected chi connectivity index (χ0v) is 9.81. The van der Waals surface area contributed by atoms with Crippen molar-refractivity contribution >= 4 is 32.4 Å². The van der Waals surface area contributed by atoms with Gasteiger partial charge in [-0.15, -0.1) is 0 Å². The minimum Gasteiger partial charge on any atom is -0.224 e. The second-order valence-electron chi connectivity index (χ2n) is 2.68. The Morgan fingerprint density at radius 2 is 1.92 bits per heavy atom. The third kappa shape index (κ3) is 2.20. The molecule has 4 heteroatoms. The summed E-state index contributed by atoms with van der Waals surface area (Å²) in [4.78, 5) is 0.425. The minimum absolute atomic E-state index is 0.425. The molecule has 0 saturated carbocycles. The SMILES string of the molecule is Cc1ccc(I)cc1S(C)(=O)=O. The molecule has 1 rings (SSSR count). The van der Waals surface area contributed by atoms with Crippen LogP contribution in [0.3, 0.4) is 0 Å². The van der Waals surface area contributed by atoms with Crippen LogP contribution in [0.25, 0.3) is 0 Å². The Labute approximate surface area is 86.0 Å². The Morgan fingerprint density at radius 3 is 2.33 bits per heavy atom. The molecule has 66 valence electrons. The molecule has 0 saturated heterocycles. The number of aryl methyl sites for hydroxylation is 1. The summed E-state index contributed by atoms with van der Waals surface area (Å²) in [5.41, 5.74) is 0.804. The molecule has 0 aliphatic rings. The third-order valence-electron chi connectivity index (χ3n) is 1.55. The predicted octanol–water partition coefficient (Wildman–Crippen LogP) is 2.00. The average molecular weight is 296 g/mol. The smallest absolute Gasteiger partial charge is 0.175 e. The second kappa shape index (κ2) is 3.33. The maximum Gasteiger partial charge on any atom is 0.175 e. The molecule has 1 aromatic carbocycles. The van der Waals surface area contributed by atoms with Crippen molar-refractivity contribution in [2.45, 2.75) is 11.8 Å². The number of hydrogen-bond acceptors (Lipinski definition) is 2. The van der Waals surface area contributed by atoms with E-state index in [0.29, 0.717) is 4.90 Å². The van der Waals surface area contributed by atoms with Crippen LogP contribution in [0.5, 0.6) is 0 Å². The lowest BCUT2D eigenvalue weighted by Gasteiger charge is -2.02.